The number of nitrogens with zero attached hydrogens (tertiary/aromatic N) is 1. The predicted molar refractivity (Wildman–Crippen MR) is 124 cm³/mol. The minimum Gasteiger partial charge on any atom is -0.454 e. The number of rotatable bonds is 7. The van der Waals surface area contributed by atoms with E-state index in [0.717, 1.165) is 69.6 Å². The minimum atomic E-state index is -0.0410. The Bertz CT molecular complexity index is 1200. The fourth-order valence-electron chi connectivity index (χ4n) is 4.35. The maximum atomic E-state index is 13.2. The van der Waals surface area contributed by atoms with E-state index in [-0.39, 0.29) is 12.7 Å². The second-order valence-electron chi connectivity index (χ2n) is 7.92. The van der Waals surface area contributed by atoms with Gasteiger partial charge in [0.15, 0.2) is 11.5 Å². The molecule has 1 N–H and O–H groups in total. The average Bonchev–Trinajstić information content (AvgIpc) is 3.44. The van der Waals surface area contributed by atoms with Crippen LogP contribution in [0.2, 0.25) is 0 Å². The lowest BCUT2D eigenvalue weighted by molar-refractivity contribution is 0.0945. The Kier molecular flexibility index (Phi) is 5.77. The van der Waals surface area contributed by atoms with Gasteiger partial charge in [-0.2, -0.15) is 0 Å². The normalized spacial score (nSPS) is 15.3. The largest absolute Gasteiger partial charge is 0.454 e. The highest BCUT2D eigenvalue weighted by atomic mass is 16.7. The molecule has 0 fully saturated rings. The maximum absolute atomic E-state index is 13.2. The van der Waals surface area contributed by atoms with Crippen molar-refractivity contribution in [2.75, 3.05) is 26.6 Å². The second kappa shape index (κ2) is 9.01. The summed E-state index contributed by atoms with van der Waals surface area (Å²) >= 11 is 0. The van der Waals surface area contributed by atoms with Gasteiger partial charge in [0.1, 0.15) is 0 Å². The number of ether oxygens (including phenoxy) is 3. The van der Waals surface area contributed by atoms with E-state index >= 15 is 0 Å². The Balaban J connectivity index is 1.49. The van der Waals surface area contributed by atoms with E-state index in [4.69, 9.17) is 19.2 Å². The first-order valence-electron chi connectivity index (χ1n) is 11.1. The number of aromatic nitrogens is 1. The van der Waals surface area contributed by atoms with Gasteiger partial charge in [0, 0.05) is 25.1 Å². The highest BCUT2D eigenvalue weighted by molar-refractivity contribution is 6.09. The third kappa shape index (κ3) is 3.94. The number of fused-ring (bicyclic) bond motifs is 3. The maximum Gasteiger partial charge on any atom is 0.252 e. The molecule has 32 heavy (non-hydrogen) atoms. The molecule has 3 aromatic rings. The van der Waals surface area contributed by atoms with E-state index in [1.165, 1.54) is 0 Å². The van der Waals surface area contributed by atoms with Crippen molar-refractivity contribution in [3.05, 3.63) is 64.8 Å². The summed E-state index contributed by atoms with van der Waals surface area (Å²) in [7, 11) is 0. The van der Waals surface area contributed by atoms with Crippen molar-refractivity contribution < 1.29 is 19.0 Å². The van der Waals surface area contributed by atoms with Crippen LogP contribution in [-0.2, 0) is 11.2 Å². The molecular formula is C26H26N2O4. The van der Waals surface area contributed by atoms with Crippen LogP contribution in [-0.4, -0.2) is 37.4 Å². The van der Waals surface area contributed by atoms with Gasteiger partial charge in [-0.1, -0.05) is 24.3 Å². The second-order valence-corrected chi connectivity index (χ2v) is 7.92. The van der Waals surface area contributed by atoms with E-state index in [1.54, 1.807) is 0 Å². The van der Waals surface area contributed by atoms with Gasteiger partial charge in [-0.25, -0.2) is 4.98 Å². The van der Waals surface area contributed by atoms with Crippen molar-refractivity contribution in [3.63, 3.8) is 0 Å². The van der Waals surface area contributed by atoms with E-state index in [1.807, 2.05) is 49.4 Å². The molecule has 0 radical (unpaired) electrons. The molecule has 6 heteroatoms. The Labute approximate surface area is 187 Å². The zero-order valence-electron chi connectivity index (χ0n) is 18.1. The lowest BCUT2D eigenvalue weighted by Gasteiger charge is -2.13. The van der Waals surface area contributed by atoms with Gasteiger partial charge >= 0.3 is 0 Å². The number of benzene rings is 2. The van der Waals surface area contributed by atoms with E-state index < -0.39 is 0 Å². The number of nitrogens with one attached hydrogen (secondary N) is 1. The number of hydrogen-bond donors (Lipinski definition) is 1. The van der Waals surface area contributed by atoms with Crippen molar-refractivity contribution in [1.29, 1.82) is 0 Å². The van der Waals surface area contributed by atoms with Crippen LogP contribution in [0.5, 0.6) is 11.5 Å². The van der Waals surface area contributed by atoms with Gasteiger partial charge < -0.3 is 19.5 Å². The molecule has 2 aliphatic rings. The first-order chi connectivity index (χ1) is 15.7. The van der Waals surface area contributed by atoms with Crippen molar-refractivity contribution in [1.82, 2.24) is 10.3 Å². The Morgan fingerprint density at radius 1 is 1.16 bits per heavy atom. The van der Waals surface area contributed by atoms with Crippen LogP contribution in [0.1, 0.15) is 46.9 Å². The lowest BCUT2D eigenvalue weighted by atomic mass is 10.00. The smallest absolute Gasteiger partial charge is 0.252 e. The monoisotopic (exact) mass is 430 g/mol. The topological polar surface area (TPSA) is 69.7 Å². The number of allylic oxidation sites excluding steroid dienone is 1. The third-order valence-electron chi connectivity index (χ3n) is 5.86. The standard InChI is InChI=1S/C26H26N2O4/c1-2-30-13-5-12-27-26(29)24-19-6-3-4-7-21(19)28-25-18(9-10-20(24)25)14-17-8-11-22-23(15-17)32-16-31-22/h3-4,6-8,11,14-15H,2,5,9-10,12-13,16H2,1H3,(H,27,29)/b18-14+. The number of pyridine rings is 1. The first-order valence-corrected chi connectivity index (χ1v) is 11.1. The number of carbonyl (C=O) groups is 1. The number of amides is 1. The Morgan fingerprint density at radius 2 is 2.03 bits per heavy atom. The predicted octanol–water partition coefficient (Wildman–Crippen LogP) is 4.61. The summed E-state index contributed by atoms with van der Waals surface area (Å²) in [6, 6.07) is 13.8. The SMILES string of the molecule is CCOCCCNC(=O)c1c2c(nc3ccccc13)/C(=C/c1ccc3c(c1)OCO3)CC2. The summed E-state index contributed by atoms with van der Waals surface area (Å²) in [5.41, 5.74) is 5.70. The fraction of sp³-hybridized carbons (Fsp3) is 0.308. The molecule has 2 aromatic carbocycles. The molecule has 0 saturated heterocycles. The van der Waals surface area contributed by atoms with E-state index in [2.05, 4.69) is 11.4 Å². The molecule has 0 spiro atoms. The van der Waals surface area contributed by atoms with Crippen LogP contribution in [0, 0.1) is 0 Å². The molecule has 1 aliphatic heterocycles. The van der Waals surface area contributed by atoms with Crippen LogP contribution >= 0.6 is 0 Å². The first kappa shape index (κ1) is 20.5. The van der Waals surface area contributed by atoms with Gasteiger partial charge in [0.25, 0.3) is 5.91 Å². The van der Waals surface area contributed by atoms with Crippen LogP contribution in [0.25, 0.3) is 22.6 Å². The van der Waals surface area contributed by atoms with Crippen LogP contribution < -0.4 is 14.8 Å². The average molecular weight is 431 g/mol. The molecule has 6 nitrogen and oxygen atoms in total. The quantitative estimate of drug-likeness (QED) is 0.555. The molecule has 0 unspecified atom stereocenters. The summed E-state index contributed by atoms with van der Waals surface area (Å²) in [5, 5.41) is 3.98. The zero-order chi connectivity index (χ0) is 21.9. The van der Waals surface area contributed by atoms with Crippen LogP contribution in [0.4, 0.5) is 0 Å². The van der Waals surface area contributed by atoms with Crippen molar-refractivity contribution in [3.8, 4) is 11.5 Å². The van der Waals surface area contributed by atoms with Crippen molar-refractivity contribution in [2.45, 2.75) is 26.2 Å². The summed E-state index contributed by atoms with van der Waals surface area (Å²) < 4.78 is 16.3. The molecule has 0 saturated carbocycles. The molecule has 164 valence electrons. The number of hydrogen-bond acceptors (Lipinski definition) is 5. The molecular weight excluding hydrogens is 404 g/mol. The van der Waals surface area contributed by atoms with Crippen LogP contribution in [0.15, 0.2) is 42.5 Å². The van der Waals surface area contributed by atoms with Gasteiger partial charge in [-0.05, 0) is 67.2 Å². The molecule has 0 atom stereocenters. The summed E-state index contributed by atoms with van der Waals surface area (Å²) in [4.78, 5) is 18.2. The third-order valence-corrected chi connectivity index (χ3v) is 5.86. The molecule has 0 bridgehead atoms. The Morgan fingerprint density at radius 3 is 2.94 bits per heavy atom. The number of carbonyl (C=O) groups excluding carboxylic acids is 1. The highest BCUT2D eigenvalue weighted by Gasteiger charge is 2.26. The highest BCUT2D eigenvalue weighted by Crippen LogP contribution is 2.39. The summed E-state index contributed by atoms with van der Waals surface area (Å²) in [5.74, 6) is 1.49. The molecule has 2 heterocycles. The Hall–Kier alpha value is -3.38. The fourth-order valence-corrected chi connectivity index (χ4v) is 4.35. The minimum absolute atomic E-state index is 0.0410. The summed E-state index contributed by atoms with van der Waals surface area (Å²) in [6.07, 6.45) is 4.57. The van der Waals surface area contributed by atoms with Gasteiger partial charge in [0.2, 0.25) is 6.79 Å². The molecule has 5 rings (SSSR count). The van der Waals surface area contributed by atoms with Gasteiger partial charge in [0.05, 0.1) is 16.8 Å². The molecule has 1 aromatic heterocycles. The van der Waals surface area contributed by atoms with E-state index in [0.29, 0.717) is 19.8 Å². The number of para-hydroxylation sites is 1. The van der Waals surface area contributed by atoms with E-state index in [9.17, 15) is 4.79 Å². The molecule has 1 amide bonds. The van der Waals surface area contributed by atoms with Gasteiger partial charge in [-0.3, -0.25) is 4.79 Å². The van der Waals surface area contributed by atoms with Gasteiger partial charge in [-0.15, -0.1) is 0 Å². The van der Waals surface area contributed by atoms with Crippen molar-refractivity contribution in [2.24, 2.45) is 0 Å². The zero-order valence-corrected chi connectivity index (χ0v) is 18.1. The lowest BCUT2D eigenvalue weighted by Crippen LogP contribution is -2.26. The van der Waals surface area contributed by atoms with Crippen LogP contribution in [0.3, 0.4) is 0 Å². The molecule has 1 aliphatic carbocycles. The van der Waals surface area contributed by atoms with Crippen molar-refractivity contribution >= 4 is 28.5 Å². The summed E-state index contributed by atoms with van der Waals surface area (Å²) in [6.45, 7) is 4.15.